The molecule has 3 rings (SSSR count). The van der Waals surface area contributed by atoms with Gasteiger partial charge in [0.2, 0.25) is 0 Å². The van der Waals surface area contributed by atoms with E-state index in [0.717, 1.165) is 17.0 Å². The standard InChI is InChI=1S/C17H17N5/c1-17(2,3)16-21-14(12-6-9-18-10-7-12)20-15(22-16)13-5-4-8-19-11-13/h4-11H,1-3H3. The Morgan fingerprint density at radius 3 is 2.00 bits per heavy atom. The quantitative estimate of drug-likeness (QED) is 0.725. The number of nitrogens with zero attached hydrogens (tertiary/aromatic N) is 5. The lowest BCUT2D eigenvalue weighted by molar-refractivity contribution is 0.543. The molecule has 0 aliphatic carbocycles. The first-order chi connectivity index (χ1) is 10.5. The SMILES string of the molecule is CC(C)(C)c1nc(-c2ccncc2)nc(-c2cccnc2)n1. The lowest BCUT2D eigenvalue weighted by Gasteiger charge is -2.18. The van der Waals surface area contributed by atoms with Gasteiger partial charge in [-0.1, -0.05) is 20.8 Å². The van der Waals surface area contributed by atoms with Crippen LogP contribution in [0.15, 0.2) is 49.1 Å². The van der Waals surface area contributed by atoms with Crippen molar-refractivity contribution in [3.8, 4) is 22.8 Å². The highest BCUT2D eigenvalue weighted by atomic mass is 15.0. The average Bonchev–Trinajstić information content (AvgIpc) is 2.55. The van der Waals surface area contributed by atoms with Crippen LogP contribution in [0.4, 0.5) is 0 Å². The van der Waals surface area contributed by atoms with Crippen LogP contribution in [0.2, 0.25) is 0 Å². The molecule has 0 saturated heterocycles. The highest BCUT2D eigenvalue weighted by Gasteiger charge is 2.20. The first kappa shape index (κ1) is 14.3. The monoisotopic (exact) mass is 291 g/mol. The van der Waals surface area contributed by atoms with Crippen LogP contribution < -0.4 is 0 Å². The van der Waals surface area contributed by atoms with Crippen molar-refractivity contribution in [2.24, 2.45) is 0 Å². The summed E-state index contributed by atoms with van der Waals surface area (Å²) in [5.74, 6) is 2.05. The lowest BCUT2D eigenvalue weighted by atomic mass is 9.95. The molecule has 5 heteroatoms. The van der Waals surface area contributed by atoms with Gasteiger partial charge in [-0.15, -0.1) is 0 Å². The molecule has 3 aromatic rings. The Labute approximate surface area is 129 Å². The zero-order valence-electron chi connectivity index (χ0n) is 12.9. The molecular formula is C17H17N5. The van der Waals surface area contributed by atoms with Gasteiger partial charge in [-0.2, -0.15) is 0 Å². The van der Waals surface area contributed by atoms with Crippen LogP contribution in [-0.4, -0.2) is 24.9 Å². The minimum absolute atomic E-state index is 0.165. The minimum Gasteiger partial charge on any atom is -0.265 e. The molecule has 0 radical (unpaired) electrons. The van der Waals surface area contributed by atoms with Crippen LogP contribution >= 0.6 is 0 Å². The van der Waals surface area contributed by atoms with Gasteiger partial charge in [0.05, 0.1) is 0 Å². The van der Waals surface area contributed by atoms with Crippen molar-refractivity contribution in [1.82, 2.24) is 24.9 Å². The third kappa shape index (κ3) is 2.98. The third-order valence-corrected chi connectivity index (χ3v) is 3.16. The normalized spacial score (nSPS) is 11.4. The second-order valence-corrected chi connectivity index (χ2v) is 6.03. The van der Waals surface area contributed by atoms with Crippen molar-refractivity contribution < 1.29 is 0 Å². The average molecular weight is 291 g/mol. The molecule has 110 valence electrons. The van der Waals surface area contributed by atoms with Crippen LogP contribution in [0.5, 0.6) is 0 Å². The molecule has 0 unspecified atom stereocenters. The Bertz CT molecular complexity index is 706. The molecule has 0 aromatic carbocycles. The van der Waals surface area contributed by atoms with Crippen LogP contribution in [0.1, 0.15) is 26.6 Å². The van der Waals surface area contributed by atoms with E-state index in [1.54, 1.807) is 24.8 Å². The van der Waals surface area contributed by atoms with Crippen LogP contribution in [0, 0.1) is 0 Å². The van der Waals surface area contributed by atoms with E-state index in [9.17, 15) is 0 Å². The van der Waals surface area contributed by atoms with Gasteiger partial charge < -0.3 is 0 Å². The zero-order valence-corrected chi connectivity index (χ0v) is 12.9. The number of hydrogen-bond acceptors (Lipinski definition) is 5. The Morgan fingerprint density at radius 2 is 1.41 bits per heavy atom. The molecule has 0 aliphatic rings. The summed E-state index contributed by atoms with van der Waals surface area (Å²) in [6, 6.07) is 7.62. The number of rotatable bonds is 2. The highest BCUT2D eigenvalue weighted by Crippen LogP contribution is 2.24. The maximum atomic E-state index is 4.63. The van der Waals surface area contributed by atoms with Gasteiger partial charge in [-0.3, -0.25) is 9.97 Å². The van der Waals surface area contributed by atoms with E-state index in [1.165, 1.54) is 0 Å². The Kier molecular flexibility index (Phi) is 3.63. The van der Waals surface area contributed by atoms with E-state index in [4.69, 9.17) is 0 Å². The van der Waals surface area contributed by atoms with Gasteiger partial charge in [0, 0.05) is 41.3 Å². The van der Waals surface area contributed by atoms with Gasteiger partial charge in [-0.05, 0) is 24.3 Å². The summed E-state index contributed by atoms with van der Waals surface area (Å²) < 4.78 is 0. The van der Waals surface area contributed by atoms with E-state index in [0.29, 0.717) is 11.6 Å². The van der Waals surface area contributed by atoms with Gasteiger partial charge >= 0.3 is 0 Å². The summed E-state index contributed by atoms with van der Waals surface area (Å²) in [5, 5.41) is 0. The molecule has 0 bridgehead atoms. The molecule has 3 heterocycles. The van der Waals surface area contributed by atoms with E-state index in [-0.39, 0.29) is 5.41 Å². The molecule has 0 saturated carbocycles. The molecule has 0 atom stereocenters. The Morgan fingerprint density at radius 1 is 0.727 bits per heavy atom. The fourth-order valence-electron chi connectivity index (χ4n) is 1.97. The van der Waals surface area contributed by atoms with Gasteiger partial charge in [0.1, 0.15) is 5.82 Å². The molecule has 5 nitrogen and oxygen atoms in total. The lowest BCUT2D eigenvalue weighted by Crippen LogP contribution is -2.18. The predicted molar refractivity (Wildman–Crippen MR) is 85.0 cm³/mol. The van der Waals surface area contributed by atoms with Gasteiger partial charge in [0.25, 0.3) is 0 Å². The van der Waals surface area contributed by atoms with Crippen molar-refractivity contribution >= 4 is 0 Å². The Balaban J connectivity index is 2.19. The number of hydrogen-bond donors (Lipinski definition) is 0. The summed E-state index contributed by atoms with van der Waals surface area (Å²) in [5.41, 5.74) is 1.64. The third-order valence-electron chi connectivity index (χ3n) is 3.16. The maximum Gasteiger partial charge on any atom is 0.165 e. The summed E-state index contributed by atoms with van der Waals surface area (Å²) in [6.07, 6.45) is 6.97. The van der Waals surface area contributed by atoms with Crippen molar-refractivity contribution in [3.05, 3.63) is 54.9 Å². The first-order valence-corrected chi connectivity index (χ1v) is 7.11. The van der Waals surface area contributed by atoms with Crippen molar-refractivity contribution in [1.29, 1.82) is 0 Å². The first-order valence-electron chi connectivity index (χ1n) is 7.11. The molecule has 3 aromatic heterocycles. The fourth-order valence-corrected chi connectivity index (χ4v) is 1.97. The number of pyridine rings is 2. The van der Waals surface area contributed by atoms with Crippen LogP contribution in [-0.2, 0) is 5.41 Å². The van der Waals surface area contributed by atoms with Crippen LogP contribution in [0.3, 0.4) is 0 Å². The van der Waals surface area contributed by atoms with E-state index < -0.39 is 0 Å². The van der Waals surface area contributed by atoms with E-state index in [2.05, 4.69) is 45.7 Å². The summed E-state index contributed by atoms with van der Waals surface area (Å²) in [7, 11) is 0. The van der Waals surface area contributed by atoms with Crippen molar-refractivity contribution in [2.75, 3.05) is 0 Å². The van der Waals surface area contributed by atoms with E-state index >= 15 is 0 Å². The Hall–Kier alpha value is -2.69. The van der Waals surface area contributed by atoms with Gasteiger partial charge in [0.15, 0.2) is 11.6 Å². The van der Waals surface area contributed by atoms with Crippen LogP contribution in [0.25, 0.3) is 22.8 Å². The largest absolute Gasteiger partial charge is 0.265 e. The molecule has 0 aliphatic heterocycles. The molecule has 0 spiro atoms. The molecular weight excluding hydrogens is 274 g/mol. The topological polar surface area (TPSA) is 64.5 Å². The fraction of sp³-hybridized carbons (Fsp3) is 0.235. The molecule has 0 fully saturated rings. The zero-order chi connectivity index (χ0) is 15.6. The summed E-state index contributed by atoms with van der Waals surface area (Å²) >= 11 is 0. The molecule has 22 heavy (non-hydrogen) atoms. The summed E-state index contributed by atoms with van der Waals surface area (Å²) in [6.45, 7) is 6.27. The second-order valence-electron chi connectivity index (χ2n) is 6.03. The number of aromatic nitrogens is 5. The van der Waals surface area contributed by atoms with Crippen molar-refractivity contribution in [3.63, 3.8) is 0 Å². The highest BCUT2D eigenvalue weighted by molar-refractivity contribution is 5.59. The van der Waals surface area contributed by atoms with Gasteiger partial charge in [-0.25, -0.2) is 15.0 Å². The maximum absolute atomic E-state index is 4.63. The van der Waals surface area contributed by atoms with Crippen molar-refractivity contribution in [2.45, 2.75) is 26.2 Å². The minimum atomic E-state index is -0.165. The van der Waals surface area contributed by atoms with E-state index in [1.807, 2.05) is 24.3 Å². The molecule has 0 N–H and O–H groups in total. The predicted octanol–water partition coefficient (Wildman–Crippen LogP) is 3.29. The summed E-state index contributed by atoms with van der Waals surface area (Å²) in [4.78, 5) is 22.0. The second kappa shape index (κ2) is 5.60. The smallest absolute Gasteiger partial charge is 0.165 e. The molecule has 0 amide bonds.